The maximum Gasteiger partial charge on any atom is 0.246 e. The number of benzene rings is 1. The van der Waals surface area contributed by atoms with Crippen LogP contribution in [0.2, 0.25) is 5.02 Å². The second kappa shape index (κ2) is 6.01. The van der Waals surface area contributed by atoms with E-state index in [1.54, 1.807) is 12.1 Å². The first-order valence-corrected chi connectivity index (χ1v) is 6.46. The van der Waals surface area contributed by atoms with Crippen LogP contribution in [0.1, 0.15) is 24.8 Å². The molecule has 18 heavy (non-hydrogen) atoms. The monoisotopic (exact) mass is 267 g/mol. The summed E-state index contributed by atoms with van der Waals surface area (Å²) in [5.41, 5.74) is 0.728. The largest absolute Gasteiger partial charge is 0.339 e. The molecule has 0 N–H and O–H groups in total. The van der Waals surface area contributed by atoms with Gasteiger partial charge in [-0.25, -0.2) is 4.39 Å². The molecule has 0 spiro atoms. The molecule has 1 heterocycles. The minimum absolute atomic E-state index is 0.00940. The maximum atomic E-state index is 13.0. The summed E-state index contributed by atoms with van der Waals surface area (Å²) in [5.74, 6) is -0.439. The van der Waals surface area contributed by atoms with Gasteiger partial charge in [0, 0.05) is 19.2 Å². The number of hydrogen-bond donors (Lipinski definition) is 0. The highest BCUT2D eigenvalue weighted by atomic mass is 35.5. The Labute approximate surface area is 111 Å². The second-order valence-corrected chi connectivity index (χ2v) is 4.80. The van der Waals surface area contributed by atoms with Gasteiger partial charge in [0.1, 0.15) is 5.82 Å². The van der Waals surface area contributed by atoms with Crippen molar-refractivity contribution < 1.29 is 9.18 Å². The van der Waals surface area contributed by atoms with Crippen molar-refractivity contribution in [2.24, 2.45) is 0 Å². The summed E-state index contributed by atoms with van der Waals surface area (Å²) in [6, 6.07) is 4.41. The topological polar surface area (TPSA) is 20.3 Å². The Balaban J connectivity index is 2.01. The normalized spacial score (nSPS) is 16.2. The molecule has 1 amide bonds. The third-order valence-electron chi connectivity index (χ3n) is 3.03. The molecule has 1 aliphatic rings. The number of halogens is 2. The fraction of sp³-hybridized carbons (Fsp3) is 0.357. The third-order valence-corrected chi connectivity index (χ3v) is 3.32. The van der Waals surface area contributed by atoms with Crippen molar-refractivity contribution in [1.82, 2.24) is 4.90 Å². The van der Waals surface area contributed by atoms with E-state index in [0.717, 1.165) is 31.5 Å². The Bertz CT molecular complexity index is 467. The highest BCUT2D eigenvalue weighted by Crippen LogP contribution is 2.17. The van der Waals surface area contributed by atoms with Gasteiger partial charge in [0.05, 0.1) is 5.02 Å². The first-order valence-electron chi connectivity index (χ1n) is 6.09. The van der Waals surface area contributed by atoms with E-state index < -0.39 is 5.82 Å². The molecule has 0 radical (unpaired) electrons. The molecular formula is C14H15ClFNO. The van der Waals surface area contributed by atoms with Gasteiger partial charge < -0.3 is 4.90 Å². The Morgan fingerprint density at radius 1 is 1.28 bits per heavy atom. The summed E-state index contributed by atoms with van der Waals surface area (Å²) in [5, 5.41) is 0.0718. The lowest BCUT2D eigenvalue weighted by Gasteiger charge is -2.25. The zero-order valence-corrected chi connectivity index (χ0v) is 10.8. The zero-order valence-electron chi connectivity index (χ0n) is 10.0. The quantitative estimate of drug-likeness (QED) is 0.751. The summed E-state index contributed by atoms with van der Waals surface area (Å²) in [4.78, 5) is 13.7. The average molecular weight is 268 g/mol. The van der Waals surface area contributed by atoms with Gasteiger partial charge in [-0.05, 0) is 43.0 Å². The van der Waals surface area contributed by atoms with Crippen molar-refractivity contribution in [3.63, 3.8) is 0 Å². The van der Waals surface area contributed by atoms with Crippen LogP contribution in [0.25, 0.3) is 6.08 Å². The van der Waals surface area contributed by atoms with Crippen molar-refractivity contribution in [3.8, 4) is 0 Å². The average Bonchev–Trinajstić information content (AvgIpc) is 2.41. The highest BCUT2D eigenvalue weighted by Gasteiger charge is 2.13. The van der Waals surface area contributed by atoms with Crippen molar-refractivity contribution in [3.05, 3.63) is 40.7 Å². The molecule has 2 rings (SSSR count). The van der Waals surface area contributed by atoms with Gasteiger partial charge >= 0.3 is 0 Å². The fourth-order valence-electron chi connectivity index (χ4n) is 2.00. The van der Waals surface area contributed by atoms with Crippen LogP contribution in [-0.4, -0.2) is 23.9 Å². The SMILES string of the molecule is O=C(C=Cc1ccc(F)c(Cl)c1)N1CCCCC1. The molecule has 0 unspecified atom stereocenters. The smallest absolute Gasteiger partial charge is 0.246 e. The molecule has 0 aliphatic carbocycles. The van der Waals surface area contributed by atoms with Crippen LogP contribution in [0, 0.1) is 5.82 Å². The van der Waals surface area contributed by atoms with Crippen molar-refractivity contribution in [2.45, 2.75) is 19.3 Å². The van der Waals surface area contributed by atoms with Crippen LogP contribution in [0.5, 0.6) is 0 Å². The van der Waals surface area contributed by atoms with E-state index in [2.05, 4.69) is 0 Å². The van der Waals surface area contributed by atoms with Gasteiger partial charge in [-0.15, -0.1) is 0 Å². The van der Waals surface area contributed by atoms with E-state index in [0.29, 0.717) is 0 Å². The third kappa shape index (κ3) is 3.33. The number of amides is 1. The number of carbonyl (C=O) groups excluding carboxylic acids is 1. The molecule has 0 aromatic heterocycles. The van der Waals surface area contributed by atoms with Gasteiger partial charge in [0.2, 0.25) is 5.91 Å². The van der Waals surface area contributed by atoms with E-state index in [9.17, 15) is 9.18 Å². The van der Waals surface area contributed by atoms with E-state index in [1.807, 2.05) is 4.90 Å². The predicted octanol–water partition coefficient (Wildman–Crippen LogP) is 3.50. The maximum absolute atomic E-state index is 13.0. The van der Waals surface area contributed by atoms with Crippen LogP contribution >= 0.6 is 11.6 Å². The zero-order chi connectivity index (χ0) is 13.0. The molecule has 1 aliphatic heterocycles. The van der Waals surface area contributed by atoms with E-state index in [4.69, 9.17) is 11.6 Å². The molecule has 0 atom stereocenters. The minimum atomic E-state index is -0.448. The molecule has 2 nitrogen and oxygen atoms in total. The Morgan fingerprint density at radius 2 is 2.00 bits per heavy atom. The first-order chi connectivity index (χ1) is 8.66. The molecule has 0 saturated carbocycles. The summed E-state index contributed by atoms with van der Waals surface area (Å²) >= 11 is 5.67. The fourth-order valence-corrected chi connectivity index (χ4v) is 2.19. The summed E-state index contributed by atoms with van der Waals surface area (Å²) in [6.45, 7) is 1.65. The number of hydrogen-bond acceptors (Lipinski definition) is 1. The van der Waals surface area contributed by atoms with Crippen LogP contribution in [-0.2, 0) is 4.79 Å². The van der Waals surface area contributed by atoms with Gasteiger partial charge in [0.15, 0.2) is 0 Å². The summed E-state index contributed by atoms with van der Waals surface area (Å²) < 4.78 is 13.0. The lowest BCUT2D eigenvalue weighted by molar-refractivity contribution is -0.126. The van der Waals surface area contributed by atoms with Gasteiger partial charge in [0.25, 0.3) is 0 Å². The van der Waals surface area contributed by atoms with Crippen molar-refractivity contribution in [2.75, 3.05) is 13.1 Å². The van der Waals surface area contributed by atoms with Crippen LogP contribution in [0.15, 0.2) is 24.3 Å². The lowest BCUT2D eigenvalue weighted by atomic mass is 10.1. The highest BCUT2D eigenvalue weighted by molar-refractivity contribution is 6.30. The Hall–Kier alpha value is -1.35. The lowest BCUT2D eigenvalue weighted by Crippen LogP contribution is -2.34. The molecule has 96 valence electrons. The number of carbonyl (C=O) groups is 1. The first kappa shape index (κ1) is 13.1. The molecule has 0 bridgehead atoms. The van der Waals surface area contributed by atoms with Crippen LogP contribution in [0.3, 0.4) is 0 Å². The van der Waals surface area contributed by atoms with Crippen molar-refractivity contribution in [1.29, 1.82) is 0 Å². The van der Waals surface area contributed by atoms with E-state index in [1.165, 1.54) is 24.6 Å². The number of piperidine rings is 1. The van der Waals surface area contributed by atoms with E-state index in [-0.39, 0.29) is 10.9 Å². The van der Waals surface area contributed by atoms with Crippen LogP contribution < -0.4 is 0 Å². The minimum Gasteiger partial charge on any atom is -0.339 e. The standard InChI is InChI=1S/C14H15ClFNO/c15-12-10-11(4-6-13(12)16)5-7-14(18)17-8-2-1-3-9-17/h4-7,10H,1-3,8-9H2. The molecule has 1 fully saturated rings. The molecule has 4 heteroatoms. The number of rotatable bonds is 2. The van der Waals surface area contributed by atoms with Gasteiger partial charge in [-0.1, -0.05) is 17.7 Å². The molecule has 1 aromatic carbocycles. The number of likely N-dealkylation sites (tertiary alicyclic amines) is 1. The summed E-state index contributed by atoms with van der Waals surface area (Å²) in [6.07, 6.45) is 6.53. The predicted molar refractivity (Wildman–Crippen MR) is 70.9 cm³/mol. The molecule has 1 aromatic rings. The second-order valence-electron chi connectivity index (χ2n) is 4.39. The Morgan fingerprint density at radius 3 is 2.67 bits per heavy atom. The van der Waals surface area contributed by atoms with Gasteiger partial charge in [-0.2, -0.15) is 0 Å². The number of nitrogens with zero attached hydrogens (tertiary/aromatic N) is 1. The van der Waals surface area contributed by atoms with Crippen LogP contribution in [0.4, 0.5) is 4.39 Å². The van der Waals surface area contributed by atoms with E-state index >= 15 is 0 Å². The summed E-state index contributed by atoms with van der Waals surface area (Å²) in [7, 11) is 0. The van der Waals surface area contributed by atoms with Gasteiger partial charge in [-0.3, -0.25) is 4.79 Å². The molecular weight excluding hydrogens is 253 g/mol. The molecule has 1 saturated heterocycles. The Kier molecular flexibility index (Phi) is 4.37. The van der Waals surface area contributed by atoms with Crippen molar-refractivity contribution >= 4 is 23.6 Å².